The van der Waals surface area contributed by atoms with E-state index in [9.17, 15) is 0 Å². The van der Waals surface area contributed by atoms with Gasteiger partial charge < -0.3 is 4.74 Å². The lowest BCUT2D eigenvalue weighted by Gasteiger charge is -2.32. The first kappa shape index (κ1) is 22.0. The molecule has 2 aromatic heterocycles. The van der Waals surface area contributed by atoms with Crippen LogP contribution in [0.15, 0.2) is 42.6 Å². The highest BCUT2D eigenvalue weighted by atomic mass is 35.5. The zero-order valence-corrected chi connectivity index (χ0v) is 19.6. The van der Waals surface area contributed by atoms with Crippen LogP contribution in [0.3, 0.4) is 0 Å². The molecule has 1 atom stereocenters. The number of pyridine rings is 1. The Labute approximate surface area is 190 Å². The number of benzene rings is 1. The van der Waals surface area contributed by atoms with Crippen molar-refractivity contribution in [3.8, 4) is 0 Å². The van der Waals surface area contributed by atoms with Gasteiger partial charge in [0.15, 0.2) is 0 Å². The lowest BCUT2D eigenvalue weighted by atomic mass is 10.1. The van der Waals surface area contributed by atoms with Crippen LogP contribution in [0, 0.1) is 13.8 Å². The van der Waals surface area contributed by atoms with Gasteiger partial charge in [0, 0.05) is 54.6 Å². The molecule has 0 spiro atoms. The molecule has 0 bridgehead atoms. The number of aromatic nitrogens is 3. The van der Waals surface area contributed by atoms with Crippen molar-refractivity contribution in [3.63, 3.8) is 0 Å². The SMILES string of the molecule is Cc1nn(C(C)C)c(C)c1CN1CCOC(c2ccc(Cc3ccccc3Cl)cn2)C1. The van der Waals surface area contributed by atoms with Crippen molar-refractivity contribution < 1.29 is 4.74 Å². The molecule has 1 fully saturated rings. The molecule has 1 unspecified atom stereocenters. The van der Waals surface area contributed by atoms with Gasteiger partial charge in [0.2, 0.25) is 0 Å². The third-order valence-corrected chi connectivity index (χ3v) is 6.39. The second-order valence-corrected chi connectivity index (χ2v) is 9.05. The van der Waals surface area contributed by atoms with Gasteiger partial charge in [-0.05, 0) is 51.0 Å². The normalized spacial score (nSPS) is 17.4. The van der Waals surface area contributed by atoms with Crippen LogP contribution in [0.2, 0.25) is 5.02 Å². The minimum Gasteiger partial charge on any atom is -0.369 e. The summed E-state index contributed by atoms with van der Waals surface area (Å²) in [7, 11) is 0. The molecule has 31 heavy (non-hydrogen) atoms. The molecule has 5 nitrogen and oxygen atoms in total. The van der Waals surface area contributed by atoms with Gasteiger partial charge in [-0.2, -0.15) is 5.10 Å². The molecule has 3 heterocycles. The molecule has 0 aliphatic carbocycles. The first-order valence-corrected chi connectivity index (χ1v) is 11.4. The van der Waals surface area contributed by atoms with Gasteiger partial charge in [0.25, 0.3) is 0 Å². The Morgan fingerprint density at radius 2 is 1.97 bits per heavy atom. The van der Waals surface area contributed by atoms with Crippen LogP contribution in [-0.2, 0) is 17.7 Å². The van der Waals surface area contributed by atoms with Crippen LogP contribution in [0.25, 0.3) is 0 Å². The molecule has 1 aliphatic heterocycles. The van der Waals surface area contributed by atoms with Crippen LogP contribution in [0.4, 0.5) is 0 Å². The van der Waals surface area contributed by atoms with Crippen molar-refractivity contribution in [2.24, 2.45) is 0 Å². The number of morpholine rings is 1. The molecule has 1 aliphatic rings. The highest BCUT2D eigenvalue weighted by molar-refractivity contribution is 6.31. The molecular formula is C25H31ClN4O. The van der Waals surface area contributed by atoms with E-state index in [1.54, 1.807) is 0 Å². The number of aryl methyl sites for hydroxylation is 1. The van der Waals surface area contributed by atoms with E-state index in [1.807, 2.05) is 24.4 Å². The summed E-state index contributed by atoms with van der Waals surface area (Å²) >= 11 is 6.30. The summed E-state index contributed by atoms with van der Waals surface area (Å²) in [6.45, 7) is 12.0. The van der Waals surface area contributed by atoms with E-state index in [-0.39, 0.29) is 6.10 Å². The lowest BCUT2D eigenvalue weighted by molar-refractivity contribution is -0.0351. The molecule has 164 valence electrons. The summed E-state index contributed by atoms with van der Waals surface area (Å²) in [6, 6.07) is 12.6. The number of ether oxygens (including phenoxy) is 1. The molecular weight excluding hydrogens is 408 g/mol. The second kappa shape index (κ2) is 9.51. The van der Waals surface area contributed by atoms with Crippen molar-refractivity contribution in [3.05, 3.63) is 81.4 Å². The first-order chi connectivity index (χ1) is 14.9. The number of rotatable bonds is 6. The smallest absolute Gasteiger partial charge is 0.112 e. The summed E-state index contributed by atoms with van der Waals surface area (Å²) in [5.41, 5.74) is 6.97. The molecule has 0 radical (unpaired) electrons. The van der Waals surface area contributed by atoms with Crippen molar-refractivity contribution in [2.45, 2.75) is 52.8 Å². The van der Waals surface area contributed by atoms with E-state index in [4.69, 9.17) is 26.4 Å². The third kappa shape index (κ3) is 5.00. The highest BCUT2D eigenvalue weighted by Crippen LogP contribution is 2.25. The largest absolute Gasteiger partial charge is 0.369 e. The van der Waals surface area contributed by atoms with Crippen molar-refractivity contribution in [1.29, 1.82) is 0 Å². The van der Waals surface area contributed by atoms with Gasteiger partial charge in [0.1, 0.15) is 6.10 Å². The third-order valence-electron chi connectivity index (χ3n) is 6.03. The highest BCUT2D eigenvalue weighted by Gasteiger charge is 2.25. The van der Waals surface area contributed by atoms with Crippen LogP contribution in [-0.4, -0.2) is 39.4 Å². The summed E-state index contributed by atoms with van der Waals surface area (Å²) in [6.07, 6.45) is 2.72. The standard InChI is InChI=1S/C25H31ClN4O/c1-17(2)30-19(4)22(18(3)28-30)15-29-11-12-31-25(16-29)24-10-9-20(14-27-24)13-21-7-5-6-8-23(21)26/h5-10,14,17,25H,11-13,15-16H2,1-4H3. The molecule has 0 N–H and O–H groups in total. The van der Waals surface area contributed by atoms with Crippen LogP contribution in [0.1, 0.15) is 59.8 Å². The number of hydrogen-bond acceptors (Lipinski definition) is 4. The Kier molecular flexibility index (Phi) is 6.75. The van der Waals surface area contributed by atoms with E-state index in [2.05, 4.69) is 55.5 Å². The predicted molar refractivity (Wildman–Crippen MR) is 125 cm³/mol. The summed E-state index contributed by atoms with van der Waals surface area (Å²) in [5, 5.41) is 5.54. The van der Waals surface area contributed by atoms with E-state index in [0.29, 0.717) is 12.6 Å². The van der Waals surface area contributed by atoms with Gasteiger partial charge in [-0.15, -0.1) is 0 Å². The fourth-order valence-corrected chi connectivity index (χ4v) is 4.47. The minimum absolute atomic E-state index is 0.0103. The maximum atomic E-state index is 6.30. The fourth-order valence-electron chi connectivity index (χ4n) is 4.27. The molecule has 1 aromatic carbocycles. The molecule has 4 rings (SSSR count). The molecule has 3 aromatic rings. The van der Waals surface area contributed by atoms with E-state index >= 15 is 0 Å². The van der Waals surface area contributed by atoms with Gasteiger partial charge in [-0.3, -0.25) is 14.6 Å². The monoisotopic (exact) mass is 438 g/mol. The average Bonchev–Trinajstić information content (AvgIpc) is 3.05. The van der Waals surface area contributed by atoms with Crippen LogP contribution in [0.5, 0.6) is 0 Å². The maximum Gasteiger partial charge on any atom is 0.112 e. The minimum atomic E-state index is -0.0103. The fraction of sp³-hybridized carbons (Fsp3) is 0.440. The van der Waals surface area contributed by atoms with Crippen molar-refractivity contribution in [2.75, 3.05) is 19.7 Å². The summed E-state index contributed by atoms with van der Waals surface area (Å²) in [4.78, 5) is 7.17. The Morgan fingerprint density at radius 1 is 1.16 bits per heavy atom. The predicted octanol–water partition coefficient (Wildman–Crippen LogP) is 5.29. The number of nitrogens with zero attached hydrogens (tertiary/aromatic N) is 4. The Morgan fingerprint density at radius 3 is 2.65 bits per heavy atom. The van der Waals surface area contributed by atoms with Gasteiger partial charge >= 0.3 is 0 Å². The molecule has 0 saturated carbocycles. The summed E-state index contributed by atoms with van der Waals surface area (Å²) in [5.74, 6) is 0. The molecule has 6 heteroatoms. The Balaban J connectivity index is 1.42. The van der Waals surface area contributed by atoms with Crippen molar-refractivity contribution in [1.82, 2.24) is 19.7 Å². The number of hydrogen-bond donors (Lipinski definition) is 0. The quantitative estimate of drug-likeness (QED) is 0.524. The van der Waals surface area contributed by atoms with Crippen LogP contribution < -0.4 is 0 Å². The van der Waals surface area contributed by atoms with Gasteiger partial charge in [-0.25, -0.2) is 0 Å². The van der Waals surface area contributed by atoms with Crippen molar-refractivity contribution >= 4 is 11.6 Å². The first-order valence-electron chi connectivity index (χ1n) is 11.0. The Bertz CT molecular complexity index is 1030. The zero-order valence-electron chi connectivity index (χ0n) is 18.8. The van der Waals surface area contributed by atoms with E-state index < -0.39 is 0 Å². The van der Waals surface area contributed by atoms with Gasteiger partial charge in [0.05, 0.1) is 18.0 Å². The van der Waals surface area contributed by atoms with E-state index in [1.165, 1.54) is 11.3 Å². The second-order valence-electron chi connectivity index (χ2n) is 8.64. The lowest BCUT2D eigenvalue weighted by Crippen LogP contribution is -2.38. The maximum absolute atomic E-state index is 6.30. The zero-order chi connectivity index (χ0) is 22.0. The average molecular weight is 439 g/mol. The molecule has 1 saturated heterocycles. The van der Waals surface area contributed by atoms with Crippen LogP contribution >= 0.6 is 11.6 Å². The van der Waals surface area contributed by atoms with Gasteiger partial charge in [-0.1, -0.05) is 35.9 Å². The van der Waals surface area contributed by atoms with E-state index in [0.717, 1.165) is 53.6 Å². The Hall–Kier alpha value is -2.21. The molecule has 0 amide bonds. The topological polar surface area (TPSA) is 43.2 Å². The summed E-state index contributed by atoms with van der Waals surface area (Å²) < 4.78 is 8.19. The number of halogens is 1.